The molecule has 1 aromatic rings. The minimum atomic E-state index is -0.0329. The third-order valence-electron chi connectivity index (χ3n) is 3.86. The smallest absolute Gasteiger partial charge is 0.315 e. The predicted molar refractivity (Wildman–Crippen MR) is 77.9 cm³/mol. The summed E-state index contributed by atoms with van der Waals surface area (Å²) >= 11 is 0. The second-order valence-electron chi connectivity index (χ2n) is 5.36. The zero-order chi connectivity index (χ0) is 13.7. The van der Waals surface area contributed by atoms with E-state index in [1.807, 2.05) is 18.2 Å². The molecule has 1 fully saturated rings. The molecule has 2 rings (SSSR count). The van der Waals surface area contributed by atoms with E-state index in [0.717, 1.165) is 12.8 Å². The monoisotopic (exact) mass is 260 g/mol. The van der Waals surface area contributed by atoms with E-state index in [1.54, 1.807) is 0 Å². The van der Waals surface area contributed by atoms with Gasteiger partial charge in [0.15, 0.2) is 0 Å². The molecule has 0 saturated heterocycles. The third-order valence-corrected chi connectivity index (χ3v) is 3.86. The van der Waals surface area contributed by atoms with Gasteiger partial charge in [-0.05, 0) is 37.2 Å². The van der Waals surface area contributed by atoms with Gasteiger partial charge in [-0.2, -0.15) is 0 Å². The molecule has 0 bridgehead atoms. The quantitative estimate of drug-likeness (QED) is 0.805. The molecule has 0 heterocycles. The first-order chi connectivity index (χ1) is 9.24. The largest absolute Gasteiger partial charge is 0.335 e. The van der Waals surface area contributed by atoms with Gasteiger partial charge in [-0.3, -0.25) is 0 Å². The Bertz CT molecular complexity index is 396. The second-order valence-corrected chi connectivity index (χ2v) is 5.36. The molecule has 1 aromatic carbocycles. The van der Waals surface area contributed by atoms with Crippen LogP contribution >= 0.6 is 0 Å². The molecule has 3 heteroatoms. The van der Waals surface area contributed by atoms with Gasteiger partial charge in [0.1, 0.15) is 0 Å². The molecular weight excluding hydrogens is 236 g/mol. The van der Waals surface area contributed by atoms with E-state index in [2.05, 4.69) is 36.6 Å². The summed E-state index contributed by atoms with van der Waals surface area (Å²) in [5, 5.41) is 6.19. The van der Waals surface area contributed by atoms with Gasteiger partial charge in [-0.25, -0.2) is 4.79 Å². The van der Waals surface area contributed by atoms with Gasteiger partial charge in [-0.1, -0.05) is 44.2 Å². The number of nitrogens with one attached hydrogen (secondary N) is 2. The molecule has 3 nitrogen and oxygen atoms in total. The number of hydrogen-bond acceptors (Lipinski definition) is 1. The van der Waals surface area contributed by atoms with Gasteiger partial charge < -0.3 is 10.6 Å². The lowest BCUT2D eigenvalue weighted by atomic mass is 10.0. The molecule has 0 spiro atoms. The van der Waals surface area contributed by atoms with Gasteiger partial charge >= 0.3 is 6.03 Å². The minimum Gasteiger partial charge on any atom is -0.335 e. The molecule has 0 aliphatic heterocycles. The van der Waals surface area contributed by atoms with Crippen molar-refractivity contribution in [2.75, 3.05) is 0 Å². The van der Waals surface area contributed by atoms with Gasteiger partial charge in [0.2, 0.25) is 0 Å². The number of amides is 2. The van der Waals surface area contributed by atoms with Crippen molar-refractivity contribution in [3.63, 3.8) is 0 Å². The number of rotatable bonds is 6. The minimum absolute atomic E-state index is 0.0329. The molecule has 2 amide bonds. The highest BCUT2D eigenvalue weighted by molar-refractivity contribution is 5.74. The summed E-state index contributed by atoms with van der Waals surface area (Å²) in [4.78, 5) is 12.1. The molecule has 1 aliphatic carbocycles. The average molecular weight is 260 g/mol. The second kappa shape index (κ2) is 6.60. The first-order valence-electron chi connectivity index (χ1n) is 7.36. The van der Waals surface area contributed by atoms with Crippen LogP contribution in [0.5, 0.6) is 0 Å². The third kappa shape index (κ3) is 3.98. The molecule has 1 atom stereocenters. The number of carbonyl (C=O) groups is 1. The summed E-state index contributed by atoms with van der Waals surface area (Å²) < 4.78 is 0. The van der Waals surface area contributed by atoms with E-state index in [-0.39, 0.29) is 18.1 Å². The maximum absolute atomic E-state index is 12.1. The first-order valence-corrected chi connectivity index (χ1v) is 7.36. The Labute approximate surface area is 115 Å². The van der Waals surface area contributed by atoms with Crippen molar-refractivity contribution in [2.24, 2.45) is 5.92 Å². The fourth-order valence-corrected chi connectivity index (χ4v) is 2.42. The lowest BCUT2D eigenvalue weighted by Gasteiger charge is -2.22. The summed E-state index contributed by atoms with van der Waals surface area (Å²) in [6.07, 6.45) is 4.38. The topological polar surface area (TPSA) is 41.1 Å². The zero-order valence-electron chi connectivity index (χ0n) is 11.9. The van der Waals surface area contributed by atoms with Crippen LogP contribution in [0, 0.1) is 5.92 Å². The van der Waals surface area contributed by atoms with Crippen LogP contribution in [0.25, 0.3) is 0 Å². The maximum atomic E-state index is 12.1. The summed E-state index contributed by atoms with van der Waals surface area (Å²) in [5.41, 5.74) is 1.21. The van der Waals surface area contributed by atoms with Crippen molar-refractivity contribution in [3.05, 3.63) is 35.9 Å². The van der Waals surface area contributed by atoms with Crippen LogP contribution in [0.2, 0.25) is 0 Å². The highest BCUT2D eigenvalue weighted by Crippen LogP contribution is 2.40. The Morgan fingerprint density at radius 3 is 2.32 bits per heavy atom. The van der Waals surface area contributed by atoms with Crippen LogP contribution < -0.4 is 10.6 Å². The molecule has 1 aliphatic rings. The van der Waals surface area contributed by atoms with Gasteiger partial charge in [0.05, 0.1) is 6.04 Å². The van der Waals surface area contributed by atoms with Crippen LogP contribution in [0.4, 0.5) is 4.79 Å². The molecule has 0 unspecified atom stereocenters. The normalized spacial score (nSPS) is 16.2. The lowest BCUT2D eigenvalue weighted by Crippen LogP contribution is -2.43. The van der Waals surface area contributed by atoms with Crippen LogP contribution in [0.3, 0.4) is 0 Å². The lowest BCUT2D eigenvalue weighted by molar-refractivity contribution is 0.230. The first kappa shape index (κ1) is 13.9. The van der Waals surface area contributed by atoms with Gasteiger partial charge in [0.25, 0.3) is 0 Å². The number of hydrogen-bond donors (Lipinski definition) is 2. The zero-order valence-corrected chi connectivity index (χ0v) is 11.9. The Hall–Kier alpha value is -1.51. The van der Waals surface area contributed by atoms with Crippen molar-refractivity contribution in [1.29, 1.82) is 0 Å². The molecule has 19 heavy (non-hydrogen) atoms. The van der Waals surface area contributed by atoms with E-state index in [0.29, 0.717) is 5.92 Å². The Balaban J connectivity index is 1.96. The molecule has 0 radical (unpaired) electrons. The van der Waals surface area contributed by atoms with E-state index in [1.165, 1.54) is 18.4 Å². The summed E-state index contributed by atoms with van der Waals surface area (Å²) in [6, 6.07) is 10.7. The fourth-order valence-electron chi connectivity index (χ4n) is 2.42. The van der Waals surface area contributed by atoms with E-state index < -0.39 is 0 Å². The molecular formula is C16H24N2O. The highest BCUT2D eigenvalue weighted by atomic mass is 16.2. The van der Waals surface area contributed by atoms with Crippen molar-refractivity contribution in [1.82, 2.24) is 10.6 Å². The average Bonchev–Trinajstić information content (AvgIpc) is 3.27. The molecule has 104 valence electrons. The van der Waals surface area contributed by atoms with E-state index >= 15 is 0 Å². The number of urea groups is 1. The van der Waals surface area contributed by atoms with Crippen molar-refractivity contribution >= 4 is 6.03 Å². The Morgan fingerprint density at radius 1 is 1.16 bits per heavy atom. The molecule has 0 aromatic heterocycles. The van der Waals surface area contributed by atoms with E-state index in [4.69, 9.17) is 0 Å². The van der Waals surface area contributed by atoms with E-state index in [9.17, 15) is 4.79 Å². The van der Waals surface area contributed by atoms with Crippen LogP contribution in [-0.4, -0.2) is 12.1 Å². The maximum Gasteiger partial charge on any atom is 0.315 e. The summed E-state index contributed by atoms with van der Waals surface area (Å²) in [6.45, 7) is 4.20. The highest BCUT2D eigenvalue weighted by Gasteiger charge is 2.33. The van der Waals surface area contributed by atoms with Gasteiger partial charge in [0, 0.05) is 6.04 Å². The Morgan fingerprint density at radius 2 is 1.79 bits per heavy atom. The molecule has 2 N–H and O–H groups in total. The molecule has 1 saturated carbocycles. The number of carbonyl (C=O) groups excluding carboxylic acids is 1. The van der Waals surface area contributed by atoms with Crippen molar-refractivity contribution in [3.8, 4) is 0 Å². The Kier molecular flexibility index (Phi) is 4.83. The standard InChI is InChI=1S/C16H24N2O/c1-3-14(4-2)17-16(19)18-15(13-10-11-13)12-8-6-5-7-9-12/h5-9,13-15H,3-4,10-11H2,1-2H3,(H2,17,18,19)/t15-/m0/s1. The van der Waals surface area contributed by atoms with Crippen molar-refractivity contribution in [2.45, 2.75) is 51.6 Å². The van der Waals surface area contributed by atoms with Crippen LogP contribution in [0.1, 0.15) is 51.1 Å². The summed E-state index contributed by atoms with van der Waals surface area (Å²) in [5.74, 6) is 0.606. The van der Waals surface area contributed by atoms with Crippen LogP contribution in [0.15, 0.2) is 30.3 Å². The SMILES string of the molecule is CCC(CC)NC(=O)N[C@@H](c1ccccc1)C1CC1. The van der Waals surface area contributed by atoms with Gasteiger partial charge in [-0.15, -0.1) is 0 Å². The fraction of sp³-hybridized carbons (Fsp3) is 0.562. The predicted octanol–water partition coefficient (Wildman–Crippen LogP) is 3.63. The van der Waals surface area contributed by atoms with Crippen molar-refractivity contribution < 1.29 is 4.79 Å². The number of benzene rings is 1. The summed E-state index contributed by atoms with van der Waals surface area (Å²) in [7, 11) is 0. The van der Waals surface area contributed by atoms with Crippen LogP contribution in [-0.2, 0) is 0 Å².